The second kappa shape index (κ2) is 11.8. The highest BCUT2D eigenvalue weighted by Gasteiger charge is 2.22. The van der Waals surface area contributed by atoms with E-state index in [2.05, 4.69) is 51.6 Å². The number of rotatable bonds is 11. The Morgan fingerprint density at radius 3 is 1.89 bits per heavy atom. The summed E-state index contributed by atoms with van der Waals surface area (Å²) in [4.78, 5) is 0. The molecule has 106 valence electrons. The minimum absolute atomic E-state index is 1.04. The molecular weight excluding hydrogens is 232 g/mol. The summed E-state index contributed by atoms with van der Waals surface area (Å²) in [6, 6.07) is 4.17. The molecule has 0 atom stereocenters. The van der Waals surface area contributed by atoms with Crippen LogP contribution in [0, 0.1) is 0 Å². The van der Waals surface area contributed by atoms with Gasteiger partial charge < -0.3 is 0 Å². The third-order valence-corrected chi connectivity index (χ3v) is 9.41. The van der Waals surface area contributed by atoms with Crippen LogP contribution in [0.5, 0.6) is 0 Å². The Kier molecular flexibility index (Phi) is 11.6. The molecular formula is C17H34Si. The molecule has 0 bridgehead atoms. The minimum Gasteiger partial charge on any atom is -0.0942 e. The number of unbranched alkanes of at least 4 members (excludes halogenated alkanes) is 5. The van der Waals surface area contributed by atoms with E-state index >= 15 is 0 Å². The van der Waals surface area contributed by atoms with E-state index in [0.717, 1.165) is 0 Å². The molecule has 1 heteroatoms. The highest BCUT2D eigenvalue weighted by Crippen LogP contribution is 2.21. The van der Waals surface area contributed by atoms with E-state index in [9.17, 15) is 0 Å². The van der Waals surface area contributed by atoms with Crippen LogP contribution >= 0.6 is 0 Å². The average molecular weight is 267 g/mol. The van der Waals surface area contributed by atoms with E-state index in [4.69, 9.17) is 0 Å². The van der Waals surface area contributed by atoms with Crippen LogP contribution in [-0.4, -0.2) is 8.07 Å². The topological polar surface area (TPSA) is 0 Å². The number of allylic oxidation sites excluding steroid dienone is 3. The number of hydrogen-bond acceptors (Lipinski definition) is 0. The van der Waals surface area contributed by atoms with E-state index in [1.807, 2.05) is 0 Å². The van der Waals surface area contributed by atoms with Gasteiger partial charge in [-0.1, -0.05) is 95.4 Å². The van der Waals surface area contributed by atoms with Crippen molar-refractivity contribution >= 4 is 8.07 Å². The third kappa shape index (κ3) is 7.92. The van der Waals surface area contributed by atoms with Gasteiger partial charge in [0, 0.05) is 0 Å². The first-order valence-corrected chi connectivity index (χ1v) is 10.8. The standard InChI is InChI=1S/C17H34Si/c1-5-9-10-11-12-13-14-15-16-17-18(6-2,7-3)8-4/h14-17H,5-13H2,1-4H3/b15-14+,17-16+. The monoisotopic (exact) mass is 266 g/mol. The summed E-state index contributed by atoms with van der Waals surface area (Å²) >= 11 is 0. The van der Waals surface area contributed by atoms with E-state index in [-0.39, 0.29) is 0 Å². The molecule has 0 aromatic rings. The van der Waals surface area contributed by atoms with Crippen molar-refractivity contribution in [3.63, 3.8) is 0 Å². The molecule has 0 spiro atoms. The second-order valence-corrected chi connectivity index (χ2v) is 10.6. The van der Waals surface area contributed by atoms with Crippen molar-refractivity contribution < 1.29 is 0 Å². The maximum atomic E-state index is 2.56. The van der Waals surface area contributed by atoms with Crippen molar-refractivity contribution in [1.82, 2.24) is 0 Å². The summed E-state index contributed by atoms with van der Waals surface area (Å²) in [7, 11) is -1.04. The number of hydrogen-bond donors (Lipinski definition) is 0. The SMILES string of the molecule is CCCCCCC/C=C/C=C/[Si](CC)(CC)CC. The van der Waals surface area contributed by atoms with Gasteiger partial charge in [-0.05, 0) is 12.8 Å². The van der Waals surface area contributed by atoms with Crippen LogP contribution < -0.4 is 0 Å². The van der Waals surface area contributed by atoms with Crippen molar-refractivity contribution in [2.75, 3.05) is 0 Å². The third-order valence-electron chi connectivity index (χ3n) is 4.28. The molecule has 18 heavy (non-hydrogen) atoms. The lowest BCUT2D eigenvalue weighted by Crippen LogP contribution is -2.28. The maximum Gasteiger partial charge on any atom is 0.0770 e. The molecule has 0 nitrogen and oxygen atoms in total. The zero-order chi connectivity index (χ0) is 13.7. The summed E-state index contributed by atoms with van der Waals surface area (Å²) < 4.78 is 0. The van der Waals surface area contributed by atoms with Gasteiger partial charge >= 0.3 is 0 Å². The Labute approximate surface area is 117 Å². The molecule has 0 aromatic heterocycles. The molecule has 0 amide bonds. The molecule has 0 aromatic carbocycles. The van der Waals surface area contributed by atoms with Gasteiger partial charge in [-0.15, -0.1) is 0 Å². The van der Waals surface area contributed by atoms with Crippen LogP contribution in [-0.2, 0) is 0 Å². The summed E-state index contributed by atoms with van der Waals surface area (Å²) in [5.41, 5.74) is 2.56. The van der Waals surface area contributed by atoms with Crippen molar-refractivity contribution in [3.05, 3.63) is 23.9 Å². The van der Waals surface area contributed by atoms with E-state index in [0.29, 0.717) is 0 Å². The van der Waals surface area contributed by atoms with Crippen LogP contribution in [0.3, 0.4) is 0 Å². The zero-order valence-corrected chi connectivity index (χ0v) is 14.2. The predicted molar refractivity (Wildman–Crippen MR) is 88.9 cm³/mol. The highest BCUT2D eigenvalue weighted by molar-refractivity contribution is 6.84. The lowest BCUT2D eigenvalue weighted by molar-refractivity contribution is 0.637. The predicted octanol–water partition coefficient (Wildman–Crippen LogP) is 6.51. The van der Waals surface area contributed by atoms with Crippen molar-refractivity contribution in [2.24, 2.45) is 0 Å². The minimum atomic E-state index is -1.04. The first-order valence-electron chi connectivity index (χ1n) is 8.09. The average Bonchev–Trinajstić information content (AvgIpc) is 2.42. The van der Waals surface area contributed by atoms with Crippen LogP contribution in [0.1, 0.15) is 66.2 Å². The Bertz CT molecular complexity index is 215. The maximum absolute atomic E-state index is 2.56. The van der Waals surface area contributed by atoms with E-state index in [1.54, 1.807) is 0 Å². The lowest BCUT2D eigenvalue weighted by Gasteiger charge is -2.23. The highest BCUT2D eigenvalue weighted by atomic mass is 28.3. The molecule has 0 N–H and O–H groups in total. The molecule has 0 heterocycles. The largest absolute Gasteiger partial charge is 0.0942 e. The zero-order valence-electron chi connectivity index (χ0n) is 13.2. The van der Waals surface area contributed by atoms with Crippen LogP contribution in [0.15, 0.2) is 23.9 Å². The van der Waals surface area contributed by atoms with Crippen molar-refractivity contribution in [2.45, 2.75) is 84.4 Å². The van der Waals surface area contributed by atoms with Crippen LogP contribution in [0.4, 0.5) is 0 Å². The smallest absolute Gasteiger partial charge is 0.0770 e. The van der Waals surface area contributed by atoms with E-state index < -0.39 is 8.07 Å². The fourth-order valence-corrected chi connectivity index (χ4v) is 5.13. The molecule has 0 aliphatic heterocycles. The Morgan fingerprint density at radius 1 is 0.722 bits per heavy atom. The molecule has 0 unspecified atom stereocenters. The van der Waals surface area contributed by atoms with Gasteiger partial charge in [0.05, 0.1) is 8.07 Å². The lowest BCUT2D eigenvalue weighted by atomic mass is 10.1. The fraction of sp³-hybridized carbons (Fsp3) is 0.765. The normalized spacial score (nSPS) is 12.9. The van der Waals surface area contributed by atoms with Gasteiger partial charge in [-0.2, -0.15) is 0 Å². The van der Waals surface area contributed by atoms with Crippen molar-refractivity contribution in [3.8, 4) is 0 Å². The Balaban J connectivity index is 3.79. The van der Waals surface area contributed by atoms with Gasteiger partial charge in [-0.25, -0.2) is 0 Å². The quantitative estimate of drug-likeness (QED) is 0.227. The molecule has 0 rings (SSSR count). The fourth-order valence-electron chi connectivity index (χ4n) is 2.40. The molecule has 0 saturated heterocycles. The first-order chi connectivity index (χ1) is 8.74. The van der Waals surface area contributed by atoms with Crippen molar-refractivity contribution in [1.29, 1.82) is 0 Å². The molecule has 0 fully saturated rings. The van der Waals surface area contributed by atoms with Gasteiger partial charge in [0.1, 0.15) is 0 Å². The van der Waals surface area contributed by atoms with Crippen LogP contribution in [0.2, 0.25) is 18.1 Å². The molecule has 0 aliphatic carbocycles. The van der Waals surface area contributed by atoms with E-state index in [1.165, 1.54) is 56.7 Å². The Hall–Kier alpha value is -0.303. The second-order valence-electron chi connectivity index (χ2n) is 5.41. The molecule has 0 saturated carbocycles. The molecule has 0 aliphatic rings. The summed E-state index contributed by atoms with van der Waals surface area (Å²) in [5.74, 6) is 0. The summed E-state index contributed by atoms with van der Waals surface area (Å²) in [6.07, 6.45) is 15.1. The van der Waals surface area contributed by atoms with Gasteiger partial charge in [0.25, 0.3) is 0 Å². The Morgan fingerprint density at radius 2 is 1.33 bits per heavy atom. The van der Waals surface area contributed by atoms with Crippen LogP contribution in [0.25, 0.3) is 0 Å². The summed E-state index contributed by atoms with van der Waals surface area (Å²) in [6.45, 7) is 9.36. The van der Waals surface area contributed by atoms with Gasteiger partial charge in [-0.3, -0.25) is 0 Å². The van der Waals surface area contributed by atoms with Gasteiger partial charge in [0.2, 0.25) is 0 Å². The molecule has 0 radical (unpaired) electrons. The first kappa shape index (κ1) is 17.7. The van der Waals surface area contributed by atoms with Gasteiger partial charge in [0.15, 0.2) is 0 Å². The summed E-state index contributed by atoms with van der Waals surface area (Å²) in [5, 5.41) is 0.